The van der Waals surface area contributed by atoms with E-state index < -0.39 is 0 Å². The summed E-state index contributed by atoms with van der Waals surface area (Å²) < 4.78 is 5.36. The Morgan fingerprint density at radius 1 is 1.19 bits per heavy atom. The maximum absolute atomic E-state index is 9.70. The highest BCUT2D eigenvalue weighted by Gasteiger charge is 2.11. The minimum absolute atomic E-state index is 0. The molecule has 3 N–H and O–H groups in total. The van der Waals surface area contributed by atoms with Crippen LogP contribution in [0.1, 0.15) is 24.0 Å². The number of hydrogen-bond donors (Lipinski definition) is 3. The van der Waals surface area contributed by atoms with E-state index in [0.29, 0.717) is 24.1 Å². The fourth-order valence-electron chi connectivity index (χ4n) is 2.59. The van der Waals surface area contributed by atoms with Gasteiger partial charge in [-0.15, -0.1) is 24.0 Å². The Balaban J connectivity index is 0.00000364. The standard InChI is InChI=1S/C20H26ClN3O2.HI/c1-3-22-20(23-12-16-9-10-18(21)11-19(16)26-2)24-13-17(14-25)15-7-5-4-6-8-15;/h4-11,17,25H,3,12-14H2,1-2H3,(H2,22,23,24);1H. The van der Waals surface area contributed by atoms with Crippen molar-refractivity contribution in [2.75, 3.05) is 26.8 Å². The fraction of sp³-hybridized carbons (Fsp3) is 0.350. The number of aliphatic hydroxyl groups is 1. The van der Waals surface area contributed by atoms with Crippen molar-refractivity contribution >= 4 is 41.5 Å². The van der Waals surface area contributed by atoms with Gasteiger partial charge in [-0.25, -0.2) is 4.99 Å². The van der Waals surface area contributed by atoms with E-state index in [9.17, 15) is 5.11 Å². The molecule has 5 nitrogen and oxygen atoms in total. The molecule has 0 spiro atoms. The minimum atomic E-state index is 0. The van der Waals surface area contributed by atoms with E-state index >= 15 is 0 Å². The first-order valence-electron chi connectivity index (χ1n) is 8.68. The molecule has 27 heavy (non-hydrogen) atoms. The molecule has 1 unspecified atom stereocenters. The monoisotopic (exact) mass is 503 g/mol. The molecule has 0 bridgehead atoms. The quantitative estimate of drug-likeness (QED) is 0.291. The second-order valence-corrected chi connectivity index (χ2v) is 6.26. The molecule has 0 aromatic heterocycles. The fourth-order valence-corrected chi connectivity index (χ4v) is 2.75. The van der Waals surface area contributed by atoms with Gasteiger partial charge < -0.3 is 20.5 Å². The van der Waals surface area contributed by atoms with Crippen molar-refractivity contribution < 1.29 is 9.84 Å². The minimum Gasteiger partial charge on any atom is -0.496 e. The molecule has 0 amide bonds. The number of rotatable bonds is 8. The Morgan fingerprint density at radius 2 is 1.93 bits per heavy atom. The molecule has 0 radical (unpaired) electrons. The summed E-state index contributed by atoms with van der Waals surface area (Å²) in [5, 5.41) is 16.9. The molecule has 0 saturated carbocycles. The highest BCUT2D eigenvalue weighted by molar-refractivity contribution is 14.0. The van der Waals surface area contributed by atoms with E-state index in [1.807, 2.05) is 49.4 Å². The number of aliphatic hydroxyl groups excluding tert-OH is 1. The van der Waals surface area contributed by atoms with Crippen molar-refractivity contribution in [1.29, 1.82) is 0 Å². The van der Waals surface area contributed by atoms with Crippen LogP contribution in [0, 0.1) is 0 Å². The summed E-state index contributed by atoms with van der Waals surface area (Å²) in [6, 6.07) is 15.5. The molecular formula is C20H27ClIN3O2. The smallest absolute Gasteiger partial charge is 0.191 e. The molecule has 0 aliphatic rings. The molecule has 0 aliphatic heterocycles. The van der Waals surface area contributed by atoms with Gasteiger partial charge in [0.2, 0.25) is 0 Å². The van der Waals surface area contributed by atoms with Crippen molar-refractivity contribution in [3.63, 3.8) is 0 Å². The van der Waals surface area contributed by atoms with Gasteiger partial charge in [0.05, 0.1) is 20.3 Å². The normalized spacial score (nSPS) is 12.1. The molecule has 2 rings (SSSR count). The van der Waals surface area contributed by atoms with Crippen LogP contribution in [0.5, 0.6) is 5.75 Å². The van der Waals surface area contributed by atoms with Crippen LogP contribution in [0.3, 0.4) is 0 Å². The number of ether oxygens (including phenoxy) is 1. The van der Waals surface area contributed by atoms with Crippen molar-refractivity contribution in [3.8, 4) is 5.75 Å². The lowest BCUT2D eigenvalue weighted by atomic mass is 10.0. The van der Waals surface area contributed by atoms with Gasteiger partial charge in [-0.3, -0.25) is 0 Å². The first-order chi connectivity index (χ1) is 12.7. The Morgan fingerprint density at radius 3 is 2.56 bits per heavy atom. The van der Waals surface area contributed by atoms with Crippen LogP contribution in [-0.4, -0.2) is 37.9 Å². The van der Waals surface area contributed by atoms with Crippen molar-refractivity contribution in [1.82, 2.24) is 10.6 Å². The van der Waals surface area contributed by atoms with Crippen molar-refractivity contribution in [2.24, 2.45) is 4.99 Å². The average Bonchev–Trinajstić information content (AvgIpc) is 2.67. The van der Waals surface area contributed by atoms with Crippen LogP contribution < -0.4 is 15.4 Å². The Bertz CT molecular complexity index is 714. The molecule has 1 atom stereocenters. The zero-order valence-electron chi connectivity index (χ0n) is 15.6. The van der Waals surface area contributed by atoms with Crippen LogP contribution in [0.25, 0.3) is 0 Å². The summed E-state index contributed by atoms with van der Waals surface area (Å²) in [4.78, 5) is 4.61. The van der Waals surface area contributed by atoms with E-state index in [0.717, 1.165) is 23.4 Å². The predicted octanol–water partition coefficient (Wildman–Crippen LogP) is 3.80. The van der Waals surface area contributed by atoms with Gasteiger partial charge in [0.25, 0.3) is 0 Å². The number of methoxy groups -OCH3 is 1. The van der Waals surface area contributed by atoms with Crippen LogP contribution in [0.15, 0.2) is 53.5 Å². The molecule has 0 saturated heterocycles. The van der Waals surface area contributed by atoms with Crippen LogP contribution in [0.4, 0.5) is 0 Å². The second-order valence-electron chi connectivity index (χ2n) is 5.82. The van der Waals surface area contributed by atoms with Gasteiger partial charge in [0.15, 0.2) is 5.96 Å². The number of nitrogens with zero attached hydrogens (tertiary/aromatic N) is 1. The average molecular weight is 504 g/mol. The molecule has 148 valence electrons. The van der Waals surface area contributed by atoms with E-state index in [1.54, 1.807) is 13.2 Å². The highest BCUT2D eigenvalue weighted by Crippen LogP contribution is 2.23. The topological polar surface area (TPSA) is 65.9 Å². The lowest BCUT2D eigenvalue weighted by molar-refractivity contribution is 0.265. The third-order valence-electron chi connectivity index (χ3n) is 4.01. The molecule has 2 aromatic rings. The number of halogens is 2. The summed E-state index contributed by atoms with van der Waals surface area (Å²) in [6.45, 7) is 3.88. The van der Waals surface area contributed by atoms with Gasteiger partial charge in [-0.2, -0.15) is 0 Å². The number of guanidine groups is 1. The second kappa shape index (κ2) is 12.8. The number of hydrogen-bond acceptors (Lipinski definition) is 3. The van der Waals surface area contributed by atoms with Gasteiger partial charge in [-0.05, 0) is 24.6 Å². The Labute approximate surface area is 183 Å². The molecule has 0 aliphatic carbocycles. The zero-order chi connectivity index (χ0) is 18.8. The van der Waals surface area contributed by atoms with Gasteiger partial charge >= 0.3 is 0 Å². The van der Waals surface area contributed by atoms with Gasteiger partial charge in [-0.1, -0.05) is 48.0 Å². The van der Waals surface area contributed by atoms with E-state index in [1.165, 1.54) is 0 Å². The number of aliphatic imine (C=N–C) groups is 1. The van der Waals surface area contributed by atoms with Crippen molar-refractivity contribution in [3.05, 3.63) is 64.7 Å². The highest BCUT2D eigenvalue weighted by atomic mass is 127. The van der Waals surface area contributed by atoms with Gasteiger partial charge in [0.1, 0.15) is 5.75 Å². The summed E-state index contributed by atoms with van der Waals surface area (Å²) in [5.74, 6) is 1.42. The SMILES string of the molecule is CCNC(=NCc1ccc(Cl)cc1OC)NCC(CO)c1ccccc1.I. The maximum Gasteiger partial charge on any atom is 0.191 e. The maximum atomic E-state index is 9.70. The molecule has 7 heteroatoms. The summed E-state index contributed by atoms with van der Waals surface area (Å²) in [5.41, 5.74) is 2.05. The molecule has 2 aromatic carbocycles. The molecule has 0 fully saturated rings. The van der Waals surface area contributed by atoms with Gasteiger partial charge in [0, 0.05) is 29.6 Å². The first-order valence-corrected chi connectivity index (χ1v) is 9.06. The number of nitrogens with one attached hydrogen (secondary N) is 2. The van der Waals surface area contributed by atoms with E-state index in [-0.39, 0.29) is 36.5 Å². The molecule has 0 heterocycles. The van der Waals surface area contributed by atoms with Crippen LogP contribution >= 0.6 is 35.6 Å². The largest absolute Gasteiger partial charge is 0.496 e. The van der Waals surface area contributed by atoms with E-state index in [2.05, 4.69) is 15.6 Å². The lowest BCUT2D eigenvalue weighted by Crippen LogP contribution is -2.39. The third kappa shape index (κ3) is 7.56. The zero-order valence-corrected chi connectivity index (χ0v) is 18.7. The first kappa shape index (κ1) is 23.5. The van der Waals surface area contributed by atoms with E-state index in [4.69, 9.17) is 16.3 Å². The molecular weight excluding hydrogens is 477 g/mol. The van der Waals surface area contributed by atoms with Crippen molar-refractivity contribution in [2.45, 2.75) is 19.4 Å². The number of benzene rings is 2. The lowest BCUT2D eigenvalue weighted by Gasteiger charge is -2.18. The summed E-state index contributed by atoms with van der Waals surface area (Å²) in [7, 11) is 1.62. The Kier molecular flexibility index (Phi) is 11.2. The summed E-state index contributed by atoms with van der Waals surface area (Å²) >= 11 is 6.00. The third-order valence-corrected chi connectivity index (χ3v) is 4.24. The van der Waals surface area contributed by atoms with Crippen LogP contribution in [-0.2, 0) is 6.54 Å². The predicted molar refractivity (Wildman–Crippen MR) is 123 cm³/mol. The Hall–Kier alpha value is -1.51. The summed E-state index contributed by atoms with van der Waals surface area (Å²) in [6.07, 6.45) is 0. The van der Waals surface area contributed by atoms with Crippen LogP contribution in [0.2, 0.25) is 5.02 Å².